The zero-order valence-corrected chi connectivity index (χ0v) is 24.8. The lowest BCUT2D eigenvalue weighted by Gasteiger charge is -2.24. The maximum Gasteiger partial charge on any atom is 0.416 e. The van der Waals surface area contributed by atoms with Crippen molar-refractivity contribution in [1.82, 2.24) is 4.90 Å². The third-order valence-corrected chi connectivity index (χ3v) is 6.23. The molecule has 0 fully saturated rings. The Hall–Kier alpha value is -3.86. The SMILES string of the molecule is CC(C)OC(=O)c1cc(C(C)(C)C)cc(C(=O)OC(C)C)c1[N+](c1ccc(C(F)(F)F)cc1)c1ccc(C(F)(F)F)cc1. The highest BCUT2D eigenvalue weighted by Gasteiger charge is 2.41. The standard InChI is InChI=1S/C32H33F6NO4/c1-18(2)42-28(40)25-16-22(30(5,6)7)17-26(29(41)43-19(3)4)27(25)39(23-12-8-20(9-13-23)31(33,34)35)24-14-10-21(11-15-24)32(36,37)38/h8-19H,1-7H3/q+1. The summed E-state index contributed by atoms with van der Waals surface area (Å²) in [4.78, 5) is 28.4. The van der Waals surface area contributed by atoms with E-state index in [0.29, 0.717) is 5.56 Å². The van der Waals surface area contributed by atoms with Crippen molar-refractivity contribution >= 4 is 29.0 Å². The fourth-order valence-corrected chi connectivity index (χ4v) is 4.18. The highest BCUT2D eigenvalue weighted by molar-refractivity contribution is 6.05. The van der Waals surface area contributed by atoms with Gasteiger partial charge in [-0.15, -0.1) is 0 Å². The second kappa shape index (κ2) is 12.4. The van der Waals surface area contributed by atoms with Crippen LogP contribution in [-0.4, -0.2) is 24.1 Å². The minimum atomic E-state index is -4.66. The first-order valence-corrected chi connectivity index (χ1v) is 13.4. The van der Waals surface area contributed by atoms with E-state index in [1.807, 2.05) is 20.8 Å². The van der Waals surface area contributed by atoms with Crippen molar-refractivity contribution in [2.75, 3.05) is 0 Å². The van der Waals surface area contributed by atoms with E-state index in [-0.39, 0.29) is 28.2 Å². The van der Waals surface area contributed by atoms with Crippen LogP contribution in [0.3, 0.4) is 0 Å². The second-order valence-corrected chi connectivity index (χ2v) is 11.5. The molecule has 0 saturated heterocycles. The van der Waals surface area contributed by atoms with Crippen LogP contribution in [0, 0.1) is 0 Å². The molecule has 3 aromatic carbocycles. The van der Waals surface area contributed by atoms with Crippen molar-refractivity contribution in [3.05, 3.63) is 88.5 Å². The van der Waals surface area contributed by atoms with Crippen LogP contribution in [0.4, 0.5) is 43.4 Å². The van der Waals surface area contributed by atoms with Gasteiger partial charge in [0.15, 0.2) is 11.4 Å². The Balaban J connectivity index is 2.48. The Bertz CT molecular complexity index is 1350. The van der Waals surface area contributed by atoms with Crippen molar-refractivity contribution in [2.24, 2.45) is 0 Å². The van der Waals surface area contributed by atoms with E-state index in [1.54, 1.807) is 27.7 Å². The van der Waals surface area contributed by atoms with Crippen molar-refractivity contribution in [1.29, 1.82) is 0 Å². The van der Waals surface area contributed by atoms with E-state index >= 15 is 0 Å². The molecule has 0 aliphatic heterocycles. The van der Waals surface area contributed by atoms with Crippen LogP contribution in [0.5, 0.6) is 0 Å². The lowest BCUT2D eigenvalue weighted by molar-refractivity contribution is -0.138. The number of esters is 2. The Labute approximate surface area is 246 Å². The number of alkyl halides is 6. The van der Waals surface area contributed by atoms with E-state index in [9.17, 15) is 35.9 Å². The molecule has 0 N–H and O–H groups in total. The topological polar surface area (TPSA) is 58.5 Å². The zero-order valence-electron chi connectivity index (χ0n) is 24.8. The highest BCUT2D eigenvalue weighted by Crippen LogP contribution is 2.43. The van der Waals surface area contributed by atoms with Gasteiger partial charge in [0.2, 0.25) is 5.69 Å². The summed E-state index contributed by atoms with van der Waals surface area (Å²) in [5.41, 5.74) is -2.29. The lowest BCUT2D eigenvalue weighted by Crippen LogP contribution is -2.25. The Morgan fingerprint density at radius 3 is 1.19 bits per heavy atom. The average molecular weight is 610 g/mol. The predicted molar refractivity (Wildman–Crippen MR) is 150 cm³/mol. The Kier molecular flexibility index (Phi) is 9.70. The number of carbonyl (C=O) groups is 2. The van der Waals surface area contributed by atoms with Crippen LogP contribution in [-0.2, 0) is 27.2 Å². The first-order valence-electron chi connectivity index (χ1n) is 13.4. The van der Waals surface area contributed by atoms with Crippen LogP contribution < -0.4 is 4.90 Å². The molecule has 3 aromatic rings. The van der Waals surface area contributed by atoms with Gasteiger partial charge in [0.25, 0.3) is 0 Å². The molecule has 11 heteroatoms. The summed E-state index contributed by atoms with van der Waals surface area (Å²) in [6.07, 6.45) is -10.5. The van der Waals surface area contributed by atoms with Gasteiger partial charge in [-0.3, -0.25) is 0 Å². The largest absolute Gasteiger partial charge is 0.459 e. The van der Waals surface area contributed by atoms with E-state index in [2.05, 4.69) is 0 Å². The van der Waals surface area contributed by atoms with Gasteiger partial charge in [0.1, 0.15) is 11.1 Å². The summed E-state index contributed by atoms with van der Waals surface area (Å²) in [6, 6.07) is 10.6. The van der Waals surface area contributed by atoms with Gasteiger partial charge in [-0.05, 0) is 75.1 Å². The number of rotatable bonds is 7. The first kappa shape index (κ1) is 33.6. The van der Waals surface area contributed by atoms with Crippen LogP contribution >= 0.6 is 0 Å². The molecule has 0 aliphatic rings. The van der Waals surface area contributed by atoms with Crippen LogP contribution in [0.25, 0.3) is 0 Å². The zero-order chi connectivity index (χ0) is 32.5. The molecule has 43 heavy (non-hydrogen) atoms. The molecular formula is C32H33F6NO4+. The van der Waals surface area contributed by atoms with E-state index in [4.69, 9.17) is 9.47 Å². The molecule has 0 atom stereocenters. The highest BCUT2D eigenvalue weighted by atomic mass is 19.4. The predicted octanol–water partition coefficient (Wildman–Crippen LogP) is 9.59. The van der Waals surface area contributed by atoms with Crippen LogP contribution in [0.2, 0.25) is 0 Å². The third-order valence-electron chi connectivity index (χ3n) is 6.23. The normalized spacial score (nSPS) is 12.7. The summed E-state index contributed by atoms with van der Waals surface area (Å²) in [7, 11) is 0. The molecule has 0 aromatic heterocycles. The summed E-state index contributed by atoms with van der Waals surface area (Å²) < 4.78 is 91.5. The lowest BCUT2D eigenvalue weighted by atomic mass is 9.84. The van der Waals surface area contributed by atoms with E-state index in [0.717, 1.165) is 48.5 Å². The Morgan fingerprint density at radius 1 is 0.605 bits per heavy atom. The van der Waals surface area contributed by atoms with Gasteiger partial charge in [0.05, 0.1) is 23.3 Å². The van der Waals surface area contributed by atoms with E-state index < -0.39 is 53.0 Å². The molecular weight excluding hydrogens is 576 g/mol. The summed E-state index contributed by atoms with van der Waals surface area (Å²) in [5, 5.41) is 0. The van der Waals surface area contributed by atoms with Crippen molar-refractivity contribution in [3.8, 4) is 0 Å². The first-order chi connectivity index (χ1) is 19.7. The fraction of sp³-hybridized carbons (Fsp3) is 0.375. The molecule has 0 bridgehead atoms. The van der Waals surface area contributed by atoms with Gasteiger partial charge in [0, 0.05) is 24.3 Å². The molecule has 0 unspecified atom stereocenters. The molecule has 0 aliphatic carbocycles. The third kappa shape index (κ3) is 8.16. The van der Waals surface area contributed by atoms with Crippen molar-refractivity contribution < 1.29 is 45.4 Å². The summed E-state index contributed by atoms with van der Waals surface area (Å²) in [6.45, 7) is 12.0. The van der Waals surface area contributed by atoms with Gasteiger partial charge in [-0.25, -0.2) is 9.59 Å². The minimum Gasteiger partial charge on any atom is -0.459 e. The number of hydrogen-bond acceptors (Lipinski definition) is 5. The molecule has 5 nitrogen and oxygen atoms in total. The average Bonchev–Trinajstić information content (AvgIpc) is 2.87. The molecule has 0 amide bonds. The number of benzene rings is 3. The molecule has 0 spiro atoms. The van der Waals surface area contributed by atoms with Crippen LogP contribution in [0.15, 0.2) is 60.7 Å². The van der Waals surface area contributed by atoms with Crippen LogP contribution in [0.1, 0.15) is 85.9 Å². The monoisotopic (exact) mass is 609 g/mol. The number of halogens is 6. The van der Waals surface area contributed by atoms with Gasteiger partial charge in [-0.1, -0.05) is 25.7 Å². The maximum absolute atomic E-state index is 13.6. The second-order valence-electron chi connectivity index (χ2n) is 11.5. The Morgan fingerprint density at radius 2 is 0.930 bits per heavy atom. The number of nitrogens with zero attached hydrogens (tertiary/aromatic N) is 1. The maximum atomic E-state index is 13.6. The minimum absolute atomic E-state index is 0.0356. The van der Waals surface area contributed by atoms with E-state index in [1.165, 1.54) is 17.0 Å². The van der Waals surface area contributed by atoms with Gasteiger partial charge >= 0.3 is 24.3 Å². The fourth-order valence-electron chi connectivity index (χ4n) is 4.18. The molecule has 0 saturated carbocycles. The summed E-state index contributed by atoms with van der Waals surface area (Å²) in [5.74, 6) is -1.70. The molecule has 1 radical (unpaired) electrons. The summed E-state index contributed by atoms with van der Waals surface area (Å²) >= 11 is 0. The number of ether oxygens (including phenoxy) is 2. The number of hydrogen-bond donors (Lipinski definition) is 0. The molecule has 0 heterocycles. The van der Waals surface area contributed by atoms with Crippen molar-refractivity contribution in [2.45, 2.75) is 78.4 Å². The quantitative estimate of drug-likeness (QED) is 0.152. The molecule has 3 rings (SSSR count). The molecule has 231 valence electrons. The number of carbonyl (C=O) groups excluding carboxylic acids is 2. The van der Waals surface area contributed by atoms with Crippen molar-refractivity contribution in [3.63, 3.8) is 0 Å². The van der Waals surface area contributed by atoms with Gasteiger partial charge in [-0.2, -0.15) is 26.3 Å². The number of anilines is 3. The van der Waals surface area contributed by atoms with Gasteiger partial charge < -0.3 is 9.47 Å². The smallest absolute Gasteiger partial charge is 0.416 e.